The van der Waals surface area contributed by atoms with Crippen molar-refractivity contribution in [2.45, 2.75) is 20.0 Å². The van der Waals surface area contributed by atoms with Gasteiger partial charge in [0.2, 0.25) is 0 Å². The van der Waals surface area contributed by atoms with Crippen LogP contribution in [0, 0.1) is 25.1 Å². The number of benzene rings is 1. The number of ether oxygens (including phenoxy) is 1. The molecule has 0 bridgehead atoms. The third-order valence-corrected chi connectivity index (χ3v) is 4.29. The summed E-state index contributed by atoms with van der Waals surface area (Å²) in [5.74, 6) is 1.26. The van der Waals surface area contributed by atoms with Crippen molar-refractivity contribution in [1.29, 1.82) is 0 Å². The lowest BCUT2D eigenvalue weighted by atomic mass is 10.1. The molecule has 0 spiro atoms. The van der Waals surface area contributed by atoms with Crippen LogP contribution in [0.2, 0.25) is 0 Å². The summed E-state index contributed by atoms with van der Waals surface area (Å²) < 4.78 is 22.0. The van der Waals surface area contributed by atoms with E-state index in [2.05, 4.69) is 5.92 Å². The van der Waals surface area contributed by atoms with Gasteiger partial charge in [-0.1, -0.05) is 5.92 Å². The van der Waals surface area contributed by atoms with Gasteiger partial charge in [0, 0.05) is 24.9 Å². The molecule has 0 aliphatic carbocycles. The number of fused-ring (bicyclic) bond motifs is 1. The highest BCUT2D eigenvalue weighted by molar-refractivity contribution is 6.00. The largest absolute Gasteiger partial charge is 0.479 e. The fraction of sp³-hybridized carbons (Fsp3) is 0.278. The van der Waals surface area contributed by atoms with Gasteiger partial charge in [0.15, 0.2) is 11.9 Å². The molecule has 1 aromatic heterocycles. The Morgan fingerprint density at radius 1 is 1.23 bits per heavy atom. The predicted octanol–water partition coefficient (Wildman–Crippen LogP) is 0.731. The van der Waals surface area contributed by atoms with Gasteiger partial charge < -0.3 is 9.30 Å². The molecule has 1 atom stereocenters. The zero-order valence-electron chi connectivity index (χ0n) is 14.4. The minimum Gasteiger partial charge on any atom is -0.479 e. The zero-order chi connectivity index (χ0) is 19.2. The number of carbonyl (C=O) groups is 1. The number of aryl methyl sites for hydroxylation is 1. The van der Waals surface area contributed by atoms with Gasteiger partial charge in [-0.05, 0) is 19.9 Å². The smallest absolute Gasteiger partial charge is 0.335 e. The molecule has 26 heavy (non-hydrogen) atoms. The van der Waals surface area contributed by atoms with E-state index in [1.807, 2.05) is 0 Å². The molecule has 0 saturated carbocycles. The van der Waals surface area contributed by atoms with E-state index in [1.54, 1.807) is 6.92 Å². The molecule has 7 nitrogen and oxygen atoms in total. The molecule has 0 radical (unpaired) electrons. The SMILES string of the molecule is C#CCN1C(=O)C(C)Oc2cc(F)c(-n3c(=O)cc(C)n(C)c3=O)cc21. The quantitative estimate of drug-likeness (QED) is 0.743. The van der Waals surface area contributed by atoms with Crippen LogP contribution in [0.1, 0.15) is 12.6 Å². The van der Waals surface area contributed by atoms with Crippen LogP contribution in [-0.2, 0) is 11.8 Å². The van der Waals surface area contributed by atoms with Crippen LogP contribution in [0.15, 0.2) is 27.8 Å². The first-order chi connectivity index (χ1) is 12.3. The van der Waals surface area contributed by atoms with Crippen molar-refractivity contribution in [1.82, 2.24) is 9.13 Å². The van der Waals surface area contributed by atoms with Gasteiger partial charge in [0.25, 0.3) is 11.5 Å². The molecule has 8 heteroatoms. The van der Waals surface area contributed by atoms with Gasteiger partial charge >= 0.3 is 5.69 Å². The van der Waals surface area contributed by atoms with Crippen LogP contribution in [0.25, 0.3) is 5.69 Å². The van der Waals surface area contributed by atoms with Crippen molar-refractivity contribution in [3.05, 3.63) is 50.5 Å². The Hall–Kier alpha value is -3.34. The van der Waals surface area contributed by atoms with Crippen LogP contribution >= 0.6 is 0 Å². The highest BCUT2D eigenvalue weighted by Crippen LogP contribution is 2.36. The number of amides is 1. The molecule has 3 rings (SSSR count). The van der Waals surface area contributed by atoms with Gasteiger partial charge in [0.1, 0.15) is 5.75 Å². The van der Waals surface area contributed by atoms with E-state index in [4.69, 9.17) is 11.2 Å². The van der Waals surface area contributed by atoms with E-state index < -0.39 is 29.1 Å². The average Bonchev–Trinajstić information content (AvgIpc) is 2.58. The minimum absolute atomic E-state index is 0.0502. The second kappa shape index (κ2) is 6.19. The first-order valence-electron chi connectivity index (χ1n) is 7.81. The van der Waals surface area contributed by atoms with Crippen molar-refractivity contribution in [3.63, 3.8) is 0 Å². The molecule has 2 heterocycles. The van der Waals surface area contributed by atoms with Crippen LogP contribution < -0.4 is 20.9 Å². The highest BCUT2D eigenvalue weighted by atomic mass is 19.1. The maximum Gasteiger partial charge on any atom is 0.335 e. The summed E-state index contributed by atoms with van der Waals surface area (Å²) in [5.41, 5.74) is -1.01. The number of anilines is 1. The summed E-state index contributed by atoms with van der Waals surface area (Å²) in [6.07, 6.45) is 4.50. The maximum absolute atomic E-state index is 14.7. The van der Waals surface area contributed by atoms with Crippen LogP contribution in [0.4, 0.5) is 10.1 Å². The molecule has 0 saturated heterocycles. The summed E-state index contributed by atoms with van der Waals surface area (Å²) in [6.45, 7) is 3.07. The van der Waals surface area contributed by atoms with Gasteiger partial charge in [0.05, 0.1) is 17.9 Å². The lowest BCUT2D eigenvalue weighted by Gasteiger charge is -2.32. The van der Waals surface area contributed by atoms with Crippen molar-refractivity contribution in [2.75, 3.05) is 11.4 Å². The number of hydrogen-bond donors (Lipinski definition) is 0. The minimum atomic E-state index is -0.825. The number of halogens is 1. The summed E-state index contributed by atoms with van der Waals surface area (Å²) in [6, 6.07) is 3.50. The fourth-order valence-corrected chi connectivity index (χ4v) is 2.80. The van der Waals surface area contributed by atoms with E-state index in [0.29, 0.717) is 10.3 Å². The summed E-state index contributed by atoms with van der Waals surface area (Å²) >= 11 is 0. The van der Waals surface area contributed by atoms with E-state index in [9.17, 15) is 18.8 Å². The molecule has 1 amide bonds. The molecule has 1 unspecified atom stereocenters. The zero-order valence-corrected chi connectivity index (χ0v) is 14.4. The Morgan fingerprint density at radius 3 is 2.58 bits per heavy atom. The summed E-state index contributed by atoms with van der Waals surface area (Å²) in [7, 11) is 1.48. The van der Waals surface area contributed by atoms with Crippen molar-refractivity contribution < 1.29 is 13.9 Å². The molecule has 1 aromatic carbocycles. The third kappa shape index (κ3) is 2.58. The van der Waals surface area contributed by atoms with Gasteiger partial charge in [-0.2, -0.15) is 0 Å². The maximum atomic E-state index is 14.7. The van der Waals surface area contributed by atoms with Crippen molar-refractivity contribution >= 4 is 11.6 Å². The predicted molar refractivity (Wildman–Crippen MR) is 93.3 cm³/mol. The Morgan fingerprint density at radius 2 is 1.92 bits per heavy atom. The number of rotatable bonds is 2. The Bertz CT molecular complexity index is 1080. The highest BCUT2D eigenvalue weighted by Gasteiger charge is 2.32. The first-order valence-corrected chi connectivity index (χ1v) is 7.81. The summed E-state index contributed by atoms with van der Waals surface area (Å²) in [5, 5.41) is 0. The van der Waals surface area contributed by atoms with E-state index in [1.165, 1.54) is 35.6 Å². The molecule has 1 aliphatic heterocycles. The normalized spacial score (nSPS) is 16.0. The first kappa shape index (κ1) is 17.5. The molecule has 0 fully saturated rings. The average molecular weight is 357 g/mol. The monoisotopic (exact) mass is 357 g/mol. The van der Waals surface area contributed by atoms with E-state index in [0.717, 1.165) is 6.07 Å². The molecular weight excluding hydrogens is 341 g/mol. The van der Waals surface area contributed by atoms with Gasteiger partial charge in [-0.3, -0.25) is 14.5 Å². The Balaban J connectivity index is 2.30. The van der Waals surface area contributed by atoms with Crippen LogP contribution in [0.5, 0.6) is 5.75 Å². The molecule has 1 aliphatic rings. The molecule has 134 valence electrons. The topological polar surface area (TPSA) is 73.5 Å². The Labute approximate surface area is 148 Å². The lowest BCUT2D eigenvalue weighted by molar-refractivity contribution is -0.125. The second-order valence-electron chi connectivity index (χ2n) is 5.96. The lowest BCUT2D eigenvalue weighted by Crippen LogP contribution is -2.45. The Kier molecular flexibility index (Phi) is 4.16. The van der Waals surface area contributed by atoms with Crippen molar-refractivity contribution in [3.8, 4) is 23.8 Å². The molecular formula is C18H16FN3O4. The van der Waals surface area contributed by atoms with Gasteiger partial charge in [-0.25, -0.2) is 13.8 Å². The van der Waals surface area contributed by atoms with E-state index in [-0.39, 0.29) is 23.7 Å². The number of terminal acetylenes is 1. The summed E-state index contributed by atoms with van der Waals surface area (Å²) in [4.78, 5) is 38.3. The number of hydrogen-bond acceptors (Lipinski definition) is 4. The number of carbonyl (C=O) groups excluding carboxylic acids is 1. The number of aromatic nitrogens is 2. The van der Waals surface area contributed by atoms with Crippen molar-refractivity contribution in [2.24, 2.45) is 7.05 Å². The van der Waals surface area contributed by atoms with Gasteiger partial charge in [-0.15, -0.1) is 6.42 Å². The molecule has 2 aromatic rings. The second-order valence-corrected chi connectivity index (χ2v) is 5.96. The van der Waals surface area contributed by atoms with Crippen LogP contribution in [-0.4, -0.2) is 27.7 Å². The van der Waals surface area contributed by atoms with E-state index >= 15 is 0 Å². The molecule has 0 N–H and O–H groups in total. The van der Waals surface area contributed by atoms with Crippen LogP contribution in [0.3, 0.4) is 0 Å². The fourth-order valence-electron chi connectivity index (χ4n) is 2.80. The third-order valence-electron chi connectivity index (χ3n) is 4.29. The number of nitrogens with zero attached hydrogens (tertiary/aromatic N) is 3. The standard InChI is InChI=1S/C18H16FN3O4/c1-5-6-21-14-9-13(12(19)8-15(14)26-11(3)17(21)24)22-16(23)7-10(2)20(4)18(22)25/h1,7-9,11H,6H2,2-4H3.